The van der Waals surface area contributed by atoms with Crippen LogP contribution >= 0.6 is 0 Å². The predicted molar refractivity (Wildman–Crippen MR) is 100.0 cm³/mol. The molecule has 1 aromatic carbocycles. The molecule has 2 aromatic rings. The third-order valence-corrected chi connectivity index (χ3v) is 4.75. The number of hydrogen-bond acceptors (Lipinski definition) is 3. The fraction of sp³-hybridized carbons (Fsp3) is 0.455. The quantitative estimate of drug-likeness (QED) is 0.684. The summed E-state index contributed by atoms with van der Waals surface area (Å²) in [6.07, 6.45) is 0.742. The first kappa shape index (κ1) is 19.5. The van der Waals surface area contributed by atoms with E-state index < -0.39 is 18.1 Å². The molecule has 27 heavy (non-hydrogen) atoms. The predicted octanol–water partition coefficient (Wildman–Crippen LogP) is 5.61. The lowest BCUT2D eigenvalue weighted by Gasteiger charge is -2.18. The summed E-state index contributed by atoms with van der Waals surface area (Å²) < 4.78 is 33.9. The van der Waals surface area contributed by atoms with E-state index in [1.165, 1.54) is 12.1 Å². The van der Waals surface area contributed by atoms with E-state index in [1.807, 2.05) is 27.7 Å². The third-order valence-electron chi connectivity index (χ3n) is 4.75. The number of alkyl halides is 1. The van der Waals surface area contributed by atoms with Gasteiger partial charge in [0.1, 0.15) is 29.6 Å². The Bertz CT molecular complexity index is 858. The summed E-state index contributed by atoms with van der Waals surface area (Å²) >= 11 is 0. The maximum absolute atomic E-state index is 14.7. The zero-order valence-electron chi connectivity index (χ0n) is 16.2. The van der Waals surface area contributed by atoms with Gasteiger partial charge in [-0.15, -0.1) is 0 Å². The zero-order valence-corrected chi connectivity index (χ0v) is 16.2. The molecular formula is C22H25F2NO2. The Hall–Kier alpha value is -2.30. The van der Waals surface area contributed by atoms with E-state index in [4.69, 9.17) is 4.74 Å². The average Bonchev–Trinajstić information content (AvgIpc) is 2.85. The molecule has 0 saturated carbocycles. The minimum Gasteiger partial charge on any atom is -0.484 e. The fourth-order valence-electron chi connectivity index (χ4n) is 3.60. The molecule has 2 unspecified atom stereocenters. The Morgan fingerprint density at radius 1 is 1.33 bits per heavy atom. The maximum Gasteiger partial charge on any atom is 0.144 e. The minimum absolute atomic E-state index is 0.0817. The van der Waals surface area contributed by atoms with E-state index in [-0.39, 0.29) is 24.0 Å². The Morgan fingerprint density at radius 2 is 2.07 bits per heavy atom. The molecule has 0 spiro atoms. The van der Waals surface area contributed by atoms with Gasteiger partial charge < -0.3 is 4.74 Å². The van der Waals surface area contributed by atoms with Gasteiger partial charge >= 0.3 is 0 Å². The first-order chi connectivity index (χ1) is 12.6. The number of pyridine rings is 1. The number of carbonyl (C=O) groups excluding carboxylic acids is 1. The molecule has 0 amide bonds. The van der Waals surface area contributed by atoms with E-state index in [1.54, 1.807) is 18.3 Å². The van der Waals surface area contributed by atoms with Gasteiger partial charge in [-0.3, -0.25) is 9.78 Å². The summed E-state index contributed by atoms with van der Waals surface area (Å²) in [5.74, 6) is 0.0663. The smallest absolute Gasteiger partial charge is 0.144 e. The standard InChI is InChI=1S/C22H25F2NO2/c1-13-14(8-16(26)11-22(2,3)4)12-25-21-19(10-18(24)20(13)21)27-17-7-5-6-15(23)9-17/h5-7,9,12,18-19H,8,10-11H2,1-4H3. The summed E-state index contributed by atoms with van der Waals surface area (Å²) in [7, 11) is 0. The lowest BCUT2D eigenvalue weighted by atomic mass is 9.87. The highest BCUT2D eigenvalue weighted by Crippen LogP contribution is 2.44. The van der Waals surface area contributed by atoms with Crippen LogP contribution in [0, 0.1) is 18.2 Å². The Kier molecular flexibility index (Phi) is 5.31. The van der Waals surface area contributed by atoms with E-state index >= 15 is 0 Å². The highest BCUT2D eigenvalue weighted by atomic mass is 19.1. The average molecular weight is 373 g/mol. The third kappa shape index (κ3) is 4.52. The van der Waals surface area contributed by atoms with Crippen LogP contribution in [0.5, 0.6) is 5.75 Å². The van der Waals surface area contributed by atoms with Crippen LogP contribution in [0.4, 0.5) is 8.78 Å². The van der Waals surface area contributed by atoms with Gasteiger partial charge in [-0.05, 0) is 35.6 Å². The van der Waals surface area contributed by atoms with Gasteiger partial charge in [-0.2, -0.15) is 0 Å². The molecule has 1 aromatic heterocycles. The van der Waals surface area contributed by atoms with E-state index in [0.29, 0.717) is 23.4 Å². The molecule has 144 valence electrons. The number of Topliss-reactive ketones (excluding diaryl/α,β-unsaturated/α-hetero) is 1. The zero-order chi connectivity index (χ0) is 19.8. The molecule has 0 fully saturated rings. The van der Waals surface area contributed by atoms with Gasteiger partial charge in [0.2, 0.25) is 0 Å². The van der Waals surface area contributed by atoms with Crippen molar-refractivity contribution in [2.75, 3.05) is 0 Å². The molecule has 0 saturated heterocycles. The number of nitrogens with zero attached hydrogens (tertiary/aromatic N) is 1. The molecule has 1 aliphatic rings. The summed E-state index contributed by atoms with van der Waals surface area (Å²) in [6, 6.07) is 5.80. The van der Waals surface area contributed by atoms with Crippen LogP contribution in [0.2, 0.25) is 0 Å². The summed E-state index contributed by atoms with van der Waals surface area (Å²) in [6.45, 7) is 7.89. The van der Waals surface area contributed by atoms with Crippen molar-refractivity contribution >= 4 is 5.78 Å². The van der Waals surface area contributed by atoms with Gasteiger partial charge in [-0.1, -0.05) is 26.8 Å². The fourth-order valence-corrected chi connectivity index (χ4v) is 3.60. The Labute approximate surface area is 158 Å². The van der Waals surface area contributed by atoms with Crippen molar-refractivity contribution in [3.8, 4) is 5.75 Å². The van der Waals surface area contributed by atoms with Crippen molar-refractivity contribution in [1.29, 1.82) is 0 Å². The van der Waals surface area contributed by atoms with Crippen LogP contribution < -0.4 is 4.74 Å². The molecule has 3 nitrogen and oxygen atoms in total. The molecular weight excluding hydrogens is 348 g/mol. The van der Waals surface area contributed by atoms with Crippen molar-refractivity contribution in [3.63, 3.8) is 0 Å². The van der Waals surface area contributed by atoms with Crippen molar-refractivity contribution < 1.29 is 18.3 Å². The van der Waals surface area contributed by atoms with Gasteiger partial charge in [0.25, 0.3) is 0 Å². The van der Waals surface area contributed by atoms with Crippen molar-refractivity contribution in [1.82, 2.24) is 4.98 Å². The van der Waals surface area contributed by atoms with Crippen molar-refractivity contribution in [3.05, 3.63) is 58.7 Å². The van der Waals surface area contributed by atoms with Gasteiger partial charge in [-0.25, -0.2) is 8.78 Å². The van der Waals surface area contributed by atoms with Crippen LogP contribution in [0.3, 0.4) is 0 Å². The molecule has 0 bridgehead atoms. The van der Waals surface area contributed by atoms with E-state index in [2.05, 4.69) is 4.98 Å². The molecule has 2 atom stereocenters. The van der Waals surface area contributed by atoms with Crippen LogP contribution in [-0.4, -0.2) is 10.8 Å². The second kappa shape index (κ2) is 7.37. The summed E-state index contributed by atoms with van der Waals surface area (Å²) in [5.41, 5.74) is 2.49. The molecule has 0 aliphatic heterocycles. The van der Waals surface area contributed by atoms with Gasteiger partial charge in [0, 0.05) is 37.1 Å². The SMILES string of the molecule is Cc1c(CC(=O)CC(C)(C)C)cnc2c1C(F)CC2Oc1cccc(F)c1. The monoisotopic (exact) mass is 373 g/mol. The van der Waals surface area contributed by atoms with E-state index in [0.717, 1.165) is 11.1 Å². The second-order valence-electron chi connectivity index (χ2n) is 8.43. The largest absolute Gasteiger partial charge is 0.484 e. The maximum atomic E-state index is 14.7. The highest BCUT2D eigenvalue weighted by molar-refractivity contribution is 5.81. The number of carbonyl (C=O) groups is 1. The normalized spacial score (nSPS) is 19.0. The Balaban J connectivity index is 1.82. The topological polar surface area (TPSA) is 39.2 Å². The van der Waals surface area contributed by atoms with Crippen LogP contribution in [0.15, 0.2) is 30.5 Å². The van der Waals surface area contributed by atoms with Crippen LogP contribution in [-0.2, 0) is 11.2 Å². The first-order valence-electron chi connectivity index (χ1n) is 9.20. The lowest BCUT2D eigenvalue weighted by Crippen LogP contribution is -2.16. The first-order valence-corrected chi connectivity index (χ1v) is 9.20. The number of hydrogen-bond donors (Lipinski definition) is 0. The molecule has 3 rings (SSSR count). The number of fused-ring (bicyclic) bond motifs is 1. The van der Waals surface area contributed by atoms with E-state index in [9.17, 15) is 13.6 Å². The van der Waals surface area contributed by atoms with Crippen LogP contribution in [0.25, 0.3) is 0 Å². The molecule has 0 N–H and O–H groups in total. The number of benzene rings is 1. The summed E-state index contributed by atoms with van der Waals surface area (Å²) in [4.78, 5) is 16.7. The molecule has 0 radical (unpaired) electrons. The number of ketones is 1. The van der Waals surface area contributed by atoms with Gasteiger partial charge in [0.05, 0.1) is 5.69 Å². The highest BCUT2D eigenvalue weighted by Gasteiger charge is 2.36. The number of rotatable bonds is 5. The molecule has 1 heterocycles. The number of ether oxygens (including phenoxy) is 1. The Morgan fingerprint density at radius 3 is 2.74 bits per heavy atom. The van der Waals surface area contributed by atoms with Gasteiger partial charge in [0.15, 0.2) is 0 Å². The molecule has 1 aliphatic carbocycles. The minimum atomic E-state index is -1.20. The number of aromatic nitrogens is 1. The number of halogens is 2. The lowest BCUT2D eigenvalue weighted by molar-refractivity contribution is -0.120. The summed E-state index contributed by atoms with van der Waals surface area (Å²) in [5, 5.41) is 0. The van der Waals surface area contributed by atoms with Crippen LogP contribution in [0.1, 0.15) is 68.3 Å². The molecule has 5 heteroatoms. The second-order valence-corrected chi connectivity index (χ2v) is 8.43. The van der Waals surface area contributed by atoms with Crippen molar-refractivity contribution in [2.24, 2.45) is 5.41 Å². The van der Waals surface area contributed by atoms with Crippen molar-refractivity contribution in [2.45, 2.75) is 59.2 Å².